The molecule has 1 heterocycles. The minimum Gasteiger partial charge on any atom is -0.497 e. The van der Waals surface area contributed by atoms with E-state index in [0.29, 0.717) is 34.1 Å². The van der Waals surface area contributed by atoms with Gasteiger partial charge in [0.1, 0.15) is 17.3 Å². The number of carbonyl (C=O) groups excluding carboxylic acids is 1. The second-order valence-electron chi connectivity index (χ2n) is 5.43. The molecule has 0 aliphatic rings. The quantitative estimate of drug-likeness (QED) is 0.785. The molecule has 134 valence electrons. The van der Waals surface area contributed by atoms with Crippen LogP contribution in [-0.2, 0) is 16.0 Å². The highest BCUT2D eigenvalue weighted by atomic mass is 16.5. The summed E-state index contributed by atoms with van der Waals surface area (Å²) in [5.74, 6) is -0.298. The normalized spacial score (nSPS) is 11.7. The molecule has 8 heteroatoms. The second-order valence-corrected chi connectivity index (χ2v) is 5.43. The van der Waals surface area contributed by atoms with Crippen molar-refractivity contribution in [1.82, 2.24) is 10.5 Å². The summed E-state index contributed by atoms with van der Waals surface area (Å²) < 4.78 is 15.3. The number of aromatic nitrogens is 1. The van der Waals surface area contributed by atoms with E-state index in [4.69, 9.17) is 14.0 Å². The Morgan fingerprint density at radius 2 is 2.00 bits per heavy atom. The molecule has 1 atom stereocenters. The number of hydrogen-bond donors (Lipinski definition) is 2. The van der Waals surface area contributed by atoms with Crippen molar-refractivity contribution in [3.63, 3.8) is 0 Å². The zero-order valence-electron chi connectivity index (χ0n) is 14.5. The van der Waals surface area contributed by atoms with Gasteiger partial charge in [0.05, 0.1) is 26.3 Å². The molecule has 25 heavy (non-hydrogen) atoms. The maximum Gasteiger partial charge on any atom is 0.331 e. The van der Waals surface area contributed by atoms with E-state index in [1.54, 1.807) is 32.0 Å². The van der Waals surface area contributed by atoms with Crippen LogP contribution in [0, 0.1) is 13.8 Å². The van der Waals surface area contributed by atoms with E-state index < -0.39 is 17.9 Å². The average molecular weight is 348 g/mol. The molecule has 0 aliphatic heterocycles. The number of aliphatic carboxylic acids is 1. The van der Waals surface area contributed by atoms with Crippen molar-refractivity contribution in [3.05, 3.63) is 40.8 Å². The Labute approximate surface area is 144 Å². The zero-order valence-corrected chi connectivity index (χ0v) is 14.5. The van der Waals surface area contributed by atoms with Gasteiger partial charge in [-0.05, 0) is 26.0 Å². The van der Waals surface area contributed by atoms with Crippen LogP contribution in [0.15, 0.2) is 22.7 Å². The maximum absolute atomic E-state index is 12.3. The van der Waals surface area contributed by atoms with Gasteiger partial charge in [-0.3, -0.25) is 4.79 Å². The van der Waals surface area contributed by atoms with Crippen molar-refractivity contribution in [2.24, 2.45) is 0 Å². The van der Waals surface area contributed by atoms with E-state index in [1.165, 1.54) is 14.2 Å². The number of nitrogens with one attached hydrogen (secondary N) is 1. The molecule has 2 rings (SSSR count). The van der Waals surface area contributed by atoms with Gasteiger partial charge in [-0.2, -0.15) is 0 Å². The smallest absolute Gasteiger partial charge is 0.331 e. The summed E-state index contributed by atoms with van der Waals surface area (Å²) in [7, 11) is 2.91. The molecule has 1 unspecified atom stereocenters. The monoisotopic (exact) mass is 348 g/mol. The number of carboxylic acid groups (broad SMARTS) is 1. The van der Waals surface area contributed by atoms with Crippen LogP contribution < -0.4 is 14.8 Å². The highest BCUT2D eigenvalue weighted by Gasteiger charge is 2.26. The minimum atomic E-state index is -1.26. The van der Waals surface area contributed by atoms with Crippen molar-refractivity contribution in [2.75, 3.05) is 14.2 Å². The number of nitrogens with zero attached hydrogens (tertiary/aromatic N) is 1. The molecule has 1 aromatic carbocycles. The molecule has 0 bridgehead atoms. The van der Waals surface area contributed by atoms with Crippen molar-refractivity contribution in [1.29, 1.82) is 0 Å². The molecule has 0 saturated heterocycles. The van der Waals surface area contributed by atoms with Crippen molar-refractivity contribution < 1.29 is 28.7 Å². The fourth-order valence-corrected chi connectivity index (χ4v) is 2.46. The number of ether oxygens (including phenoxy) is 2. The van der Waals surface area contributed by atoms with Crippen LogP contribution in [0.2, 0.25) is 0 Å². The topological polar surface area (TPSA) is 111 Å². The molecule has 1 aromatic heterocycles. The first-order valence-corrected chi connectivity index (χ1v) is 7.53. The van der Waals surface area contributed by atoms with E-state index in [9.17, 15) is 14.7 Å². The first kappa shape index (κ1) is 18.3. The number of methoxy groups -OCH3 is 2. The SMILES string of the molecule is COc1ccc(C(NC(=O)Cc2c(C)noc2C)C(=O)O)c(OC)c1. The van der Waals surface area contributed by atoms with Gasteiger partial charge < -0.3 is 24.4 Å². The van der Waals surface area contributed by atoms with E-state index in [2.05, 4.69) is 10.5 Å². The van der Waals surface area contributed by atoms with Gasteiger partial charge in [0, 0.05) is 17.2 Å². The van der Waals surface area contributed by atoms with Crippen LogP contribution >= 0.6 is 0 Å². The van der Waals surface area contributed by atoms with Crippen molar-refractivity contribution >= 4 is 11.9 Å². The Kier molecular flexibility index (Phi) is 5.63. The molecule has 0 fully saturated rings. The number of amides is 1. The fourth-order valence-electron chi connectivity index (χ4n) is 2.46. The van der Waals surface area contributed by atoms with Crippen molar-refractivity contribution in [2.45, 2.75) is 26.3 Å². The predicted octanol–water partition coefficient (Wildman–Crippen LogP) is 1.79. The summed E-state index contributed by atoms with van der Waals surface area (Å²) in [6.07, 6.45) is -0.0244. The molecule has 2 N–H and O–H groups in total. The first-order chi connectivity index (χ1) is 11.9. The van der Waals surface area contributed by atoms with Crippen LogP contribution in [0.5, 0.6) is 11.5 Å². The lowest BCUT2D eigenvalue weighted by molar-refractivity contribution is -0.142. The molecule has 0 radical (unpaired) electrons. The molecule has 8 nitrogen and oxygen atoms in total. The number of hydrogen-bond acceptors (Lipinski definition) is 6. The fraction of sp³-hybridized carbons (Fsp3) is 0.353. The maximum atomic E-state index is 12.3. The third kappa shape index (κ3) is 4.09. The second kappa shape index (κ2) is 7.69. The molecule has 1 amide bonds. The predicted molar refractivity (Wildman–Crippen MR) is 87.7 cm³/mol. The van der Waals surface area contributed by atoms with Crippen LogP contribution in [0.3, 0.4) is 0 Å². The largest absolute Gasteiger partial charge is 0.497 e. The lowest BCUT2D eigenvalue weighted by atomic mass is 10.0. The Bertz CT molecular complexity index is 764. The van der Waals surface area contributed by atoms with Gasteiger partial charge in [-0.1, -0.05) is 5.16 Å². The van der Waals surface area contributed by atoms with Gasteiger partial charge in [0.25, 0.3) is 0 Å². The average Bonchev–Trinajstić information content (AvgIpc) is 2.90. The number of aryl methyl sites for hydroxylation is 2. The lowest BCUT2D eigenvalue weighted by Crippen LogP contribution is -2.35. The lowest BCUT2D eigenvalue weighted by Gasteiger charge is -2.18. The van der Waals surface area contributed by atoms with E-state index in [-0.39, 0.29) is 6.42 Å². The summed E-state index contributed by atoms with van der Waals surface area (Å²) in [5, 5.41) is 15.8. The number of benzene rings is 1. The van der Waals surface area contributed by atoms with E-state index >= 15 is 0 Å². The van der Waals surface area contributed by atoms with E-state index in [0.717, 1.165) is 0 Å². The summed E-state index contributed by atoms with van der Waals surface area (Å²) in [5.41, 5.74) is 1.56. The summed E-state index contributed by atoms with van der Waals surface area (Å²) in [4.78, 5) is 24.0. The molecule has 0 saturated carbocycles. The highest BCUT2D eigenvalue weighted by molar-refractivity contribution is 5.86. The van der Waals surface area contributed by atoms with Gasteiger partial charge >= 0.3 is 5.97 Å². The minimum absolute atomic E-state index is 0.0244. The van der Waals surface area contributed by atoms with E-state index in [1.807, 2.05) is 0 Å². The third-order valence-corrected chi connectivity index (χ3v) is 3.82. The molecule has 0 spiro atoms. The standard InChI is InChI=1S/C17H20N2O6/c1-9-13(10(2)25-19-9)8-15(20)18-16(17(21)22)12-6-5-11(23-3)7-14(12)24-4/h5-7,16H,8H2,1-4H3,(H,18,20)(H,21,22). The van der Waals surface area contributed by atoms with Crippen LogP contribution in [0.25, 0.3) is 0 Å². The Hall–Kier alpha value is -3.03. The Morgan fingerprint density at radius 3 is 2.52 bits per heavy atom. The Morgan fingerprint density at radius 1 is 1.28 bits per heavy atom. The van der Waals surface area contributed by atoms with Gasteiger partial charge in [0.15, 0.2) is 6.04 Å². The van der Waals surface area contributed by atoms with Crippen LogP contribution in [0.4, 0.5) is 0 Å². The number of carboxylic acids is 1. The van der Waals surface area contributed by atoms with Gasteiger partial charge in [-0.25, -0.2) is 4.79 Å². The number of carbonyl (C=O) groups is 2. The van der Waals surface area contributed by atoms with Crippen molar-refractivity contribution in [3.8, 4) is 11.5 Å². The highest BCUT2D eigenvalue weighted by Crippen LogP contribution is 2.30. The van der Waals surface area contributed by atoms with Gasteiger partial charge in [0.2, 0.25) is 5.91 Å². The molecular weight excluding hydrogens is 328 g/mol. The summed E-state index contributed by atoms with van der Waals surface area (Å²) >= 11 is 0. The third-order valence-electron chi connectivity index (χ3n) is 3.82. The zero-order chi connectivity index (χ0) is 18.6. The summed E-state index contributed by atoms with van der Waals surface area (Å²) in [6.45, 7) is 3.42. The first-order valence-electron chi connectivity index (χ1n) is 7.53. The Balaban J connectivity index is 2.24. The summed E-state index contributed by atoms with van der Waals surface area (Å²) in [6, 6.07) is 3.46. The van der Waals surface area contributed by atoms with Crippen LogP contribution in [-0.4, -0.2) is 36.4 Å². The van der Waals surface area contributed by atoms with Gasteiger partial charge in [-0.15, -0.1) is 0 Å². The molecular formula is C17H20N2O6. The molecule has 2 aromatic rings. The number of rotatable bonds is 7. The molecule has 0 aliphatic carbocycles. The van der Waals surface area contributed by atoms with Crippen LogP contribution in [0.1, 0.15) is 28.6 Å².